The van der Waals surface area contributed by atoms with Crippen LogP contribution in [0.5, 0.6) is 5.75 Å². The molecule has 0 atom stereocenters. The molecule has 0 aliphatic rings. The van der Waals surface area contributed by atoms with E-state index in [0.29, 0.717) is 22.4 Å². The van der Waals surface area contributed by atoms with Gasteiger partial charge in [0.1, 0.15) is 12.4 Å². The van der Waals surface area contributed by atoms with Gasteiger partial charge in [-0.25, -0.2) is 0 Å². The lowest BCUT2D eigenvalue weighted by Crippen LogP contribution is -2.15. The van der Waals surface area contributed by atoms with E-state index in [1.807, 2.05) is 60.0 Å². The molecule has 0 fully saturated rings. The van der Waals surface area contributed by atoms with Gasteiger partial charge < -0.3 is 15.4 Å². The van der Waals surface area contributed by atoms with E-state index < -0.39 is 0 Å². The van der Waals surface area contributed by atoms with Gasteiger partial charge in [0.05, 0.1) is 5.75 Å². The maximum absolute atomic E-state index is 12.6. The average molecular weight is 502 g/mol. The molecule has 3 aromatic carbocycles. The second-order valence-electron chi connectivity index (χ2n) is 8.20. The predicted molar refractivity (Wildman–Crippen MR) is 142 cm³/mol. The number of benzene rings is 3. The van der Waals surface area contributed by atoms with Gasteiger partial charge in [0.15, 0.2) is 11.0 Å². The van der Waals surface area contributed by atoms with Crippen molar-refractivity contribution in [3.8, 4) is 11.4 Å². The second-order valence-corrected chi connectivity index (χ2v) is 9.14. The van der Waals surface area contributed by atoms with Gasteiger partial charge in [-0.1, -0.05) is 36.0 Å². The van der Waals surface area contributed by atoms with Crippen LogP contribution < -0.4 is 15.4 Å². The van der Waals surface area contributed by atoms with E-state index in [1.165, 1.54) is 24.2 Å². The van der Waals surface area contributed by atoms with E-state index in [2.05, 4.69) is 27.8 Å². The number of anilines is 2. The normalized spacial score (nSPS) is 10.6. The number of carbonyl (C=O) groups excluding carboxylic acids is 2. The number of carbonyl (C=O) groups is 2. The molecule has 0 bridgehead atoms. The Labute approximate surface area is 214 Å². The van der Waals surface area contributed by atoms with Crippen LogP contribution in [0, 0.1) is 13.8 Å². The van der Waals surface area contributed by atoms with E-state index in [9.17, 15) is 9.59 Å². The number of thioether (sulfide) groups is 1. The number of amides is 2. The standard InChI is InChI=1S/C27H27N5O3S/c1-18-9-14-24(15-19(18)2)35-16-25-30-31-27(32(25)23-7-5-4-6-8-23)36-17-26(34)29-22-12-10-21(11-13-22)28-20(3)33/h4-15H,16-17H2,1-3H3,(H,28,33)(H,29,34). The van der Waals surface area contributed by atoms with Gasteiger partial charge in [-0.15, -0.1) is 10.2 Å². The van der Waals surface area contributed by atoms with Crippen LogP contribution in [0.2, 0.25) is 0 Å². The highest BCUT2D eigenvalue weighted by atomic mass is 32.2. The first-order valence-electron chi connectivity index (χ1n) is 11.4. The molecule has 2 amide bonds. The van der Waals surface area contributed by atoms with Crippen molar-refractivity contribution >= 4 is 35.0 Å². The first-order chi connectivity index (χ1) is 17.4. The van der Waals surface area contributed by atoms with Crippen LogP contribution in [0.1, 0.15) is 23.9 Å². The number of nitrogens with zero attached hydrogens (tertiary/aromatic N) is 3. The van der Waals surface area contributed by atoms with Gasteiger partial charge in [0.25, 0.3) is 0 Å². The summed E-state index contributed by atoms with van der Waals surface area (Å²) in [4.78, 5) is 23.8. The number of rotatable bonds is 9. The summed E-state index contributed by atoms with van der Waals surface area (Å²) < 4.78 is 7.91. The summed E-state index contributed by atoms with van der Waals surface area (Å²) in [6, 6.07) is 22.7. The van der Waals surface area contributed by atoms with Crippen LogP contribution in [0.4, 0.5) is 11.4 Å². The quantitative estimate of drug-likeness (QED) is 0.308. The molecule has 8 nitrogen and oxygen atoms in total. The molecule has 184 valence electrons. The van der Waals surface area contributed by atoms with E-state index in [-0.39, 0.29) is 24.2 Å². The monoisotopic (exact) mass is 501 g/mol. The number of hydrogen-bond donors (Lipinski definition) is 2. The van der Waals surface area contributed by atoms with Gasteiger partial charge in [-0.3, -0.25) is 14.2 Å². The molecule has 1 aromatic heterocycles. The SMILES string of the molecule is CC(=O)Nc1ccc(NC(=O)CSc2nnc(COc3ccc(C)c(C)c3)n2-c2ccccc2)cc1. The highest BCUT2D eigenvalue weighted by Gasteiger charge is 2.17. The molecule has 4 rings (SSSR count). The molecule has 9 heteroatoms. The number of para-hydroxylation sites is 1. The van der Waals surface area contributed by atoms with Crippen LogP contribution in [0.3, 0.4) is 0 Å². The number of aryl methyl sites for hydroxylation is 2. The summed E-state index contributed by atoms with van der Waals surface area (Å²) in [5.74, 6) is 1.22. The number of aromatic nitrogens is 3. The molecule has 0 saturated carbocycles. The predicted octanol–water partition coefficient (Wildman–Crippen LogP) is 5.15. The molecule has 1 heterocycles. The maximum Gasteiger partial charge on any atom is 0.234 e. The Morgan fingerprint density at radius 1 is 0.889 bits per heavy atom. The van der Waals surface area contributed by atoms with Gasteiger partial charge in [0.2, 0.25) is 11.8 Å². The van der Waals surface area contributed by atoms with Crippen LogP contribution >= 0.6 is 11.8 Å². The summed E-state index contributed by atoms with van der Waals surface area (Å²) in [5, 5.41) is 14.8. The summed E-state index contributed by atoms with van der Waals surface area (Å²) in [7, 11) is 0. The zero-order chi connectivity index (χ0) is 25.5. The van der Waals surface area contributed by atoms with E-state index in [1.54, 1.807) is 24.3 Å². The minimum absolute atomic E-state index is 0.149. The van der Waals surface area contributed by atoms with Crippen molar-refractivity contribution in [1.82, 2.24) is 14.8 Å². The molecule has 0 aliphatic heterocycles. The van der Waals surface area contributed by atoms with Crippen molar-refractivity contribution < 1.29 is 14.3 Å². The first kappa shape index (κ1) is 25.0. The molecular formula is C27H27N5O3S. The largest absolute Gasteiger partial charge is 0.486 e. The summed E-state index contributed by atoms with van der Waals surface area (Å²) >= 11 is 1.29. The molecule has 36 heavy (non-hydrogen) atoms. The Morgan fingerprint density at radius 2 is 1.58 bits per heavy atom. The van der Waals surface area contributed by atoms with Gasteiger partial charge in [-0.2, -0.15) is 0 Å². The lowest BCUT2D eigenvalue weighted by molar-refractivity contribution is -0.114. The number of nitrogens with one attached hydrogen (secondary N) is 2. The zero-order valence-electron chi connectivity index (χ0n) is 20.3. The summed E-state index contributed by atoms with van der Waals surface area (Å²) in [6.07, 6.45) is 0. The van der Waals surface area contributed by atoms with E-state index in [4.69, 9.17) is 4.74 Å². The third kappa shape index (κ3) is 6.51. The third-order valence-electron chi connectivity index (χ3n) is 5.38. The maximum atomic E-state index is 12.6. The van der Waals surface area contributed by atoms with Crippen molar-refractivity contribution in [2.75, 3.05) is 16.4 Å². The molecule has 0 unspecified atom stereocenters. The van der Waals surface area contributed by atoms with Crippen molar-refractivity contribution in [2.45, 2.75) is 32.5 Å². The van der Waals surface area contributed by atoms with Crippen LogP contribution in [-0.2, 0) is 16.2 Å². The van der Waals surface area contributed by atoms with Crippen molar-refractivity contribution in [2.24, 2.45) is 0 Å². The minimum atomic E-state index is -0.178. The first-order valence-corrected chi connectivity index (χ1v) is 12.4. The molecule has 4 aromatic rings. The van der Waals surface area contributed by atoms with Gasteiger partial charge in [-0.05, 0) is 73.5 Å². The fraction of sp³-hybridized carbons (Fsp3) is 0.185. The molecule has 0 aliphatic carbocycles. The molecule has 0 saturated heterocycles. The molecule has 0 radical (unpaired) electrons. The van der Waals surface area contributed by atoms with Crippen LogP contribution in [-0.4, -0.2) is 32.3 Å². The second kappa shape index (κ2) is 11.5. The minimum Gasteiger partial charge on any atom is -0.486 e. The van der Waals surface area contributed by atoms with Crippen LogP contribution in [0.15, 0.2) is 78.0 Å². The fourth-order valence-corrected chi connectivity index (χ4v) is 4.21. The van der Waals surface area contributed by atoms with Crippen LogP contribution in [0.25, 0.3) is 5.69 Å². The topological polar surface area (TPSA) is 98.1 Å². The van der Waals surface area contributed by atoms with Crippen molar-refractivity contribution in [1.29, 1.82) is 0 Å². The fourth-order valence-electron chi connectivity index (χ4n) is 3.44. The Morgan fingerprint density at radius 3 is 2.25 bits per heavy atom. The number of ether oxygens (including phenoxy) is 1. The number of hydrogen-bond acceptors (Lipinski definition) is 6. The van der Waals surface area contributed by atoms with E-state index >= 15 is 0 Å². The molecular weight excluding hydrogens is 474 g/mol. The lowest BCUT2D eigenvalue weighted by Gasteiger charge is -2.12. The highest BCUT2D eigenvalue weighted by Crippen LogP contribution is 2.24. The Balaban J connectivity index is 1.44. The lowest BCUT2D eigenvalue weighted by atomic mass is 10.1. The van der Waals surface area contributed by atoms with Gasteiger partial charge in [0, 0.05) is 24.0 Å². The van der Waals surface area contributed by atoms with Crippen molar-refractivity contribution in [3.05, 3.63) is 89.7 Å². The third-order valence-corrected chi connectivity index (χ3v) is 6.31. The summed E-state index contributed by atoms with van der Waals surface area (Å²) in [5.41, 5.74) is 4.56. The smallest absolute Gasteiger partial charge is 0.234 e. The summed E-state index contributed by atoms with van der Waals surface area (Å²) in [6.45, 7) is 5.79. The molecule has 0 spiro atoms. The molecule has 2 N–H and O–H groups in total. The Kier molecular flexibility index (Phi) is 8.02. The highest BCUT2D eigenvalue weighted by molar-refractivity contribution is 7.99. The van der Waals surface area contributed by atoms with Crippen molar-refractivity contribution in [3.63, 3.8) is 0 Å². The zero-order valence-corrected chi connectivity index (χ0v) is 21.1. The average Bonchev–Trinajstić information content (AvgIpc) is 3.28. The van der Waals surface area contributed by atoms with Gasteiger partial charge >= 0.3 is 0 Å². The Bertz CT molecular complexity index is 1350. The van der Waals surface area contributed by atoms with E-state index in [0.717, 1.165) is 17.0 Å². The Hall–Kier alpha value is -4.11.